The molecule has 2 aromatic rings. The Kier molecular flexibility index (Phi) is 6.20. The zero-order chi connectivity index (χ0) is 20.3. The summed E-state index contributed by atoms with van der Waals surface area (Å²) in [6, 6.07) is 9.95. The number of carbonyl (C=O) groups is 1. The van der Waals surface area contributed by atoms with Gasteiger partial charge in [-0.25, -0.2) is 8.42 Å². The fourth-order valence-electron chi connectivity index (χ4n) is 3.22. The summed E-state index contributed by atoms with van der Waals surface area (Å²) < 4.78 is 33.8. The number of hydrogen-bond acceptors (Lipinski definition) is 5. The number of methoxy groups -OCH3 is 1. The molecule has 3 rings (SSSR count). The zero-order valence-electron chi connectivity index (χ0n) is 16.2. The Morgan fingerprint density at radius 3 is 2.50 bits per heavy atom. The van der Waals surface area contributed by atoms with Crippen molar-refractivity contribution in [1.29, 1.82) is 0 Å². The molecule has 0 unspecified atom stereocenters. The van der Waals surface area contributed by atoms with Crippen molar-refractivity contribution in [3.63, 3.8) is 0 Å². The van der Waals surface area contributed by atoms with Crippen LogP contribution in [0.5, 0.6) is 5.75 Å². The SMILES string of the molecule is COc1ccc(C)cc1NS(=O)(=O)c1ccc(SC)c(C(=O)N2CCCC2)c1. The summed E-state index contributed by atoms with van der Waals surface area (Å²) in [5.41, 5.74) is 1.69. The van der Waals surface area contributed by atoms with Crippen molar-refractivity contribution in [2.75, 3.05) is 31.2 Å². The number of rotatable bonds is 6. The zero-order valence-corrected chi connectivity index (χ0v) is 17.8. The lowest BCUT2D eigenvalue weighted by Crippen LogP contribution is -2.28. The second-order valence-electron chi connectivity index (χ2n) is 6.67. The largest absolute Gasteiger partial charge is 0.495 e. The predicted molar refractivity (Wildman–Crippen MR) is 112 cm³/mol. The number of aryl methyl sites for hydroxylation is 1. The normalized spacial score (nSPS) is 14.2. The molecule has 2 aromatic carbocycles. The lowest BCUT2D eigenvalue weighted by atomic mass is 10.2. The number of nitrogens with one attached hydrogen (secondary N) is 1. The standard InChI is InChI=1S/C20H24N2O4S2/c1-14-6-8-18(26-2)17(12-14)21-28(24,25)15-7-9-19(27-3)16(13-15)20(23)22-10-4-5-11-22/h6-9,12-13,21H,4-5,10-11H2,1-3H3. The molecule has 1 fully saturated rings. The third-order valence-corrected chi connectivity index (χ3v) is 6.86. The lowest BCUT2D eigenvalue weighted by molar-refractivity contribution is 0.0789. The predicted octanol–water partition coefficient (Wildman–Crippen LogP) is 3.76. The number of hydrogen-bond donors (Lipinski definition) is 1. The van der Waals surface area contributed by atoms with Crippen LogP contribution in [0.4, 0.5) is 5.69 Å². The molecule has 1 N–H and O–H groups in total. The molecule has 0 spiro atoms. The molecule has 0 atom stereocenters. The molecule has 1 amide bonds. The first kappa shape index (κ1) is 20.5. The molecular formula is C20H24N2O4S2. The second-order valence-corrected chi connectivity index (χ2v) is 9.20. The van der Waals surface area contributed by atoms with Crippen molar-refractivity contribution < 1.29 is 17.9 Å². The van der Waals surface area contributed by atoms with E-state index in [4.69, 9.17) is 4.74 Å². The van der Waals surface area contributed by atoms with Gasteiger partial charge in [-0.3, -0.25) is 9.52 Å². The van der Waals surface area contributed by atoms with E-state index in [2.05, 4.69) is 4.72 Å². The first-order valence-electron chi connectivity index (χ1n) is 9.00. The van der Waals surface area contributed by atoms with Crippen molar-refractivity contribution >= 4 is 33.4 Å². The fourth-order valence-corrected chi connectivity index (χ4v) is 4.87. The topological polar surface area (TPSA) is 75.7 Å². The summed E-state index contributed by atoms with van der Waals surface area (Å²) in [5.74, 6) is 0.315. The van der Waals surface area contributed by atoms with Crippen molar-refractivity contribution in [3.8, 4) is 5.75 Å². The van der Waals surface area contributed by atoms with Crippen LogP contribution < -0.4 is 9.46 Å². The summed E-state index contributed by atoms with van der Waals surface area (Å²) in [4.78, 5) is 15.5. The lowest BCUT2D eigenvalue weighted by Gasteiger charge is -2.18. The number of ether oxygens (including phenoxy) is 1. The van der Waals surface area contributed by atoms with Crippen LogP contribution >= 0.6 is 11.8 Å². The van der Waals surface area contributed by atoms with Gasteiger partial charge < -0.3 is 9.64 Å². The van der Waals surface area contributed by atoms with Gasteiger partial charge in [-0.1, -0.05) is 6.07 Å². The van der Waals surface area contributed by atoms with Gasteiger partial charge in [-0.2, -0.15) is 0 Å². The Balaban J connectivity index is 1.97. The summed E-state index contributed by atoms with van der Waals surface area (Å²) in [7, 11) is -2.39. The maximum atomic E-state index is 13.0. The van der Waals surface area contributed by atoms with Crippen LogP contribution in [0.3, 0.4) is 0 Å². The van der Waals surface area contributed by atoms with Crippen LogP contribution in [0.15, 0.2) is 46.2 Å². The average molecular weight is 421 g/mol. The van der Waals surface area contributed by atoms with Gasteiger partial charge in [0.25, 0.3) is 15.9 Å². The van der Waals surface area contributed by atoms with E-state index in [0.717, 1.165) is 23.3 Å². The number of thioether (sulfide) groups is 1. The molecule has 1 aliphatic rings. The maximum Gasteiger partial charge on any atom is 0.262 e. The Labute approximate surface area is 170 Å². The van der Waals surface area contributed by atoms with Crippen LogP contribution in [0.1, 0.15) is 28.8 Å². The molecule has 6 nitrogen and oxygen atoms in total. The molecule has 8 heteroatoms. The highest BCUT2D eigenvalue weighted by Gasteiger charge is 2.25. The number of carbonyl (C=O) groups excluding carboxylic acids is 1. The number of benzene rings is 2. The minimum absolute atomic E-state index is 0.0522. The molecule has 28 heavy (non-hydrogen) atoms. The Morgan fingerprint density at radius 1 is 1.14 bits per heavy atom. The molecule has 1 saturated heterocycles. The van der Waals surface area contributed by atoms with Gasteiger partial charge >= 0.3 is 0 Å². The third kappa shape index (κ3) is 4.28. The van der Waals surface area contributed by atoms with Crippen LogP contribution in [-0.4, -0.2) is 45.7 Å². The van der Waals surface area contributed by atoms with E-state index >= 15 is 0 Å². The van der Waals surface area contributed by atoms with E-state index in [1.165, 1.54) is 31.0 Å². The number of sulfonamides is 1. The van der Waals surface area contributed by atoms with Gasteiger partial charge in [-0.05, 0) is 61.9 Å². The van der Waals surface area contributed by atoms with Gasteiger partial charge in [0.1, 0.15) is 5.75 Å². The number of nitrogens with zero attached hydrogens (tertiary/aromatic N) is 1. The van der Waals surface area contributed by atoms with Crippen LogP contribution in [-0.2, 0) is 10.0 Å². The highest BCUT2D eigenvalue weighted by Crippen LogP contribution is 2.30. The van der Waals surface area contributed by atoms with Crippen LogP contribution in [0.25, 0.3) is 0 Å². The van der Waals surface area contributed by atoms with Crippen LogP contribution in [0, 0.1) is 6.92 Å². The van der Waals surface area contributed by atoms with Crippen molar-refractivity contribution in [2.45, 2.75) is 29.6 Å². The van der Waals surface area contributed by atoms with Gasteiger partial charge in [0.15, 0.2) is 0 Å². The molecule has 0 saturated carbocycles. The quantitative estimate of drug-likeness (QED) is 0.720. The number of amides is 1. The summed E-state index contributed by atoms with van der Waals surface area (Å²) >= 11 is 1.43. The molecule has 1 aliphatic heterocycles. The molecular weight excluding hydrogens is 396 g/mol. The van der Waals surface area contributed by atoms with Gasteiger partial charge in [0, 0.05) is 18.0 Å². The minimum atomic E-state index is -3.88. The van der Waals surface area contributed by atoms with Gasteiger partial charge in [0.05, 0.1) is 23.3 Å². The summed E-state index contributed by atoms with van der Waals surface area (Å²) in [6.07, 6.45) is 3.83. The van der Waals surface area contributed by atoms with E-state index in [1.807, 2.05) is 19.2 Å². The van der Waals surface area contributed by atoms with Crippen molar-refractivity contribution in [2.24, 2.45) is 0 Å². The third-order valence-electron chi connectivity index (χ3n) is 4.70. The number of likely N-dealkylation sites (tertiary alicyclic amines) is 1. The fraction of sp³-hybridized carbons (Fsp3) is 0.350. The molecule has 0 aliphatic carbocycles. The molecule has 0 radical (unpaired) electrons. The van der Waals surface area contributed by atoms with Crippen molar-refractivity contribution in [3.05, 3.63) is 47.5 Å². The van der Waals surface area contributed by atoms with Crippen LogP contribution in [0.2, 0.25) is 0 Å². The molecule has 0 bridgehead atoms. The number of anilines is 1. The van der Waals surface area contributed by atoms with Gasteiger partial charge in [0.2, 0.25) is 0 Å². The first-order valence-corrected chi connectivity index (χ1v) is 11.7. The molecule has 150 valence electrons. The smallest absolute Gasteiger partial charge is 0.262 e. The minimum Gasteiger partial charge on any atom is -0.495 e. The van der Waals surface area contributed by atoms with E-state index in [9.17, 15) is 13.2 Å². The van der Waals surface area contributed by atoms with Crippen molar-refractivity contribution in [1.82, 2.24) is 4.90 Å². The Hall–Kier alpha value is -2.19. The van der Waals surface area contributed by atoms with E-state index in [1.54, 1.807) is 23.1 Å². The average Bonchev–Trinajstić information content (AvgIpc) is 3.21. The first-order chi connectivity index (χ1) is 13.4. The maximum absolute atomic E-state index is 13.0. The van der Waals surface area contributed by atoms with E-state index < -0.39 is 10.0 Å². The molecule has 1 heterocycles. The monoisotopic (exact) mass is 420 g/mol. The Morgan fingerprint density at radius 2 is 1.86 bits per heavy atom. The van der Waals surface area contributed by atoms with E-state index in [-0.39, 0.29) is 10.8 Å². The molecule has 0 aromatic heterocycles. The van der Waals surface area contributed by atoms with Gasteiger partial charge in [-0.15, -0.1) is 11.8 Å². The second kappa shape index (κ2) is 8.45. The summed E-state index contributed by atoms with van der Waals surface area (Å²) in [5, 5.41) is 0. The summed E-state index contributed by atoms with van der Waals surface area (Å²) in [6.45, 7) is 3.29. The Bertz CT molecular complexity index is 984. The highest BCUT2D eigenvalue weighted by molar-refractivity contribution is 7.98. The highest BCUT2D eigenvalue weighted by atomic mass is 32.2. The van der Waals surface area contributed by atoms with E-state index in [0.29, 0.717) is 30.1 Å².